The Morgan fingerprint density at radius 3 is 2.86 bits per heavy atom. The maximum absolute atomic E-state index is 9.69. The highest BCUT2D eigenvalue weighted by atomic mass is 16.3. The molecule has 0 bridgehead atoms. The molecule has 2 aromatic rings. The van der Waals surface area contributed by atoms with E-state index in [0.717, 1.165) is 28.8 Å². The standard InChI is InChI=1S/C17H16N4O/c1-17(2,22)7-5-12-9-14-11(10-20-12)3-4-13(14)15-6-8-19-16(18)21-15/h4,6,8-10,22H,3H2,1-2H3,(H2,18,19,21). The van der Waals surface area contributed by atoms with Crippen molar-refractivity contribution < 1.29 is 5.11 Å². The van der Waals surface area contributed by atoms with Gasteiger partial charge in [0.25, 0.3) is 0 Å². The third-order valence-electron chi connectivity index (χ3n) is 3.25. The normalized spacial score (nSPS) is 13.1. The summed E-state index contributed by atoms with van der Waals surface area (Å²) in [5, 5.41) is 9.69. The van der Waals surface area contributed by atoms with Crippen LogP contribution in [0.3, 0.4) is 0 Å². The summed E-state index contributed by atoms with van der Waals surface area (Å²) >= 11 is 0. The molecule has 0 saturated carbocycles. The number of anilines is 1. The molecule has 110 valence electrons. The average Bonchev–Trinajstić information content (AvgIpc) is 2.87. The zero-order valence-electron chi connectivity index (χ0n) is 12.5. The minimum atomic E-state index is -1.04. The van der Waals surface area contributed by atoms with Crippen molar-refractivity contribution in [1.29, 1.82) is 0 Å². The molecule has 0 amide bonds. The number of nitrogen functional groups attached to an aromatic ring is 1. The van der Waals surface area contributed by atoms with E-state index in [-0.39, 0.29) is 5.95 Å². The van der Waals surface area contributed by atoms with Crippen LogP contribution in [0.5, 0.6) is 0 Å². The second-order valence-corrected chi connectivity index (χ2v) is 5.66. The Bertz CT molecular complexity index is 823. The van der Waals surface area contributed by atoms with Gasteiger partial charge < -0.3 is 10.8 Å². The summed E-state index contributed by atoms with van der Waals surface area (Å²) in [6.45, 7) is 3.28. The summed E-state index contributed by atoms with van der Waals surface area (Å²) in [6.07, 6.45) is 6.37. The van der Waals surface area contributed by atoms with Crippen molar-refractivity contribution in [2.75, 3.05) is 5.73 Å². The Morgan fingerprint density at radius 1 is 1.32 bits per heavy atom. The van der Waals surface area contributed by atoms with Gasteiger partial charge in [0.15, 0.2) is 0 Å². The number of nitrogens with two attached hydrogens (primary N) is 1. The van der Waals surface area contributed by atoms with E-state index in [1.807, 2.05) is 18.3 Å². The zero-order valence-corrected chi connectivity index (χ0v) is 12.5. The molecular weight excluding hydrogens is 276 g/mol. The molecule has 0 aliphatic heterocycles. The van der Waals surface area contributed by atoms with Crippen molar-refractivity contribution in [3.8, 4) is 11.8 Å². The lowest BCUT2D eigenvalue weighted by molar-refractivity contribution is 0.143. The molecule has 2 aromatic heterocycles. The molecule has 0 saturated heterocycles. The number of fused-ring (bicyclic) bond motifs is 1. The number of aliphatic hydroxyl groups is 1. The van der Waals surface area contributed by atoms with Gasteiger partial charge in [0.1, 0.15) is 11.3 Å². The van der Waals surface area contributed by atoms with Crippen LogP contribution in [0.1, 0.15) is 36.4 Å². The van der Waals surface area contributed by atoms with Crippen molar-refractivity contribution in [3.05, 3.63) is 53.1 Å². The molecule has 5 nitrogen and oxygen atoms in total. The minimum absolute atomic E-state index is 0.253. The van der Waals surface area contributed by atoms with Crippen molar-refractivity contribution in [2.45, 2.75) is 25.9 Å². The molecule has 1 aliphatic carbocycles. The van der Waals surface area contributed by atoms with Crippen LogP contribution >= 0.6 is 0 Å². The van der Waals surface area contributed by atoms with Crippen LogP contribution in [0.25, 0.3) is 5.57 Å². The third-order valence-corrected chi connectivity index (χ3v) is 3.25. The summed E-state index contributed by atoms with van der Waals surface area (Å²) in [7, 11) is 0. The maximum atomic E-state index is 9.69. The molecule has 0 unspecified atom stereocenters. The first-order valence-electron chi connectivity index (χ1n) is 6.96. The molecular formula is C17H16N4O. The first-order valence-corrected chi connectivity index (χ1v) is 6.96. The number of hydrogen-bond acceptors (Lipinski definition) is 5. The Labute approximate surface area is 129 Å². The SMILES string of the molecule is CC(C)(O)C#Cc1cc2c(cn1)CC=C2c1ccnc(N)n1. The van der Waals surface area contributed by atoms with Crippen LogP contribution in [0.15, 0.2) is 30.6 Å². The maximum Gasteiger partial charge on any atom is 0.220 e. The summed E-state index contributed by atoms with van der Waals surface area (Å²) in [4.78, 5) is 12.5. The molecule has 0 spiro atoms. The summed E-state index contributed by atoms with van der Waals surface area (Å²) in [5.74, 6) is 5.93. The number of aromatic nitrogens is 3. The molecule has 0 radical (unpaired) electrons. The van der Waals surface area contributed by atoms with Gasteiger partial charge in [-0.2, -0.15) is 0 Å². The molecule has 3 rings (SSSR count). The fraction of sp³-hybridized carbons (Fsp3) is 0.235. The van der Waals surface area contributed by atoms with Crippen LogP contribution < -0.4 is 5.73 Å². The Balaban J connectivity index is 2.00. The van der Waals surface area contributed by atoms with E-state index in [0.29, 0.717) is 5.69 Å². The van der Waals surface area contributed by atoms with E-state index in [9.17, 15) is 5.11 Å². The van der Waals surface area contributed by atoms with E-state index in [2.05, 4.69) is 32.9 Å². The first kappa shape index (κ1) is 14.2. The molecule has 2 heterocycles. The smallest absolute Gasteiger partial charge is 0.220 e. The third kappa shape index (κ3) is 2.97. The number of hydrogen-bond donors (Lipinski definition) is 2. The molecule has 1 aliphatic rings. The molecule has 0 fully saturated rings. The second kappa shape index (κ2) is 5.24. The van der Waals surface area contributed by atoms with Gasteiger partial charge in [-0.25, -0.2) is 15.0 Å². The Hall–Kier alpha value is -2.71. The van der Waals surface area contributed by atoms with Crippen LogP contribution in [-0.4, -0.2) is 25.7 Å². The summed E-state index contributed by atoms with van der Waals surface area (Å²) < 4.78 is 0. The van der Waals surface area contributed by atoms with Gasteiger partial charge >= 0.3 is 0 Å². The monoisotopic (exact) mass is 292 g/mol. The lowest BCUT2D eigenvalue weighted by Crippen LogP contribution is -2.14. The Kier molecular flexibility index (Phi) is 3.39. The number of rotatable bonds is 1. The van der Waals surface area contributed by atoms with E-state index in [1.54, 1.807) is 20.0 Å². The predicted molar refractivity (Wildman–Crippen MR) is 84.6 cm³/mol. The van der Waals surface area contributed by atoms with Gasteiger partial charge in [0.2, 0.25) is 5.95 Å². The molecule has 5 heteroatoms. The first-order chi connectivity index (χ1) is 10.4. The lowest BCUT2D eigenvalue weighted by atomic mass is 10.0. The van der Waals surface area contributed by atoms with Gasteiger partial charge in [0, 0.05) is 18.0 Å². The minimum Gasteiger partial charge on any atom is -0.378 e. The average molecular weight is 292 g/mol. The van der Waals surface area contributed by atoms with Gasteiger partial charge in [-0.15, -0.1) is 0 Å². The van der Waals surface area contributed by atoms with Crippen LogP contribution in [0.4, 0.5) is 5.95 Å². The quantitative estimate of drug-likeness (QED) is 0.779. The summed E-state index contributed by atoms with van der Waals surface area (Å²) in [6, 6.07) is 3.76. The predicted octanol–water partition coefficient (Wildman–Crippen LogP) is 1.56. The summed E-state index contributed by atoms with van der Waals surface area (Å²) in [5.41, 5.74) is 9.22. The van der Waals surface area contributed by atoms with Crippen LogP contribution in [-0.2, 0) is 6.42 Å². The highest BCUT2D eigenvalue weighted by Crippen LogP contribution is 2.31. The van der Waals surface area contributed by atoms with Gasteiger partial charge in [-0.05, 0) is 49.4 Å². The Morgan fingerprint density at radius 2 is 2.14 bits per heavy atom. The van der Waals surface area contributed by atoms with Crippen molar-refractivity contribution in [3.63, 3.8) is 0 Å². The molecule has 0 aromatic carbocycles. The fourth-order valence-electron chi connectivity index (χ4n) is 2.27. The topological polar surface area (TPSA) is 84.9 Å². The number of allylic oxidation sites excluding steroid dienone is 1. The molecule has 3 N–H and O–H groups in total. The number of pyridine rings is 1. The lowest BCUT2D eigenvalue weighted by Gasteiger charge is -2.07. The second-order valence-electron chi connectivity index (χ2n) is 5.66. The largest absolute Gasteiger partial charge is 0.378 e. The molecule has 22 heavy (non-hydrogen) atoms. The van der Waals surface area contributed by atoms with Gasteiger partial charge in [-0.3, -0.25) is 0 Å². The number of nitrogens with zero attached hydrogens (tertiary/aromatic N) is 3. The van der Waals surface area contributed by atoms with E-state index in [4.69, 9.17) is 5.73 Å². The fourth-order valence-corrected chi connectivity index (χ4v) is 2.27. The van der Waals surface area contributed by atoms with E-state index in [1.165, 1.54) is 0 Å². The van der Waals surface area contributed by atoms with Crippen LogP contribution in [0, 0.1) is 11.8 Å². The van der Waals surface area contributed by atoms with Gasteiger partial charge in [-0.1, -0.05) is 12.0 Å². The highest BCUT2D eigenvalue weighted by molar-refractivity contribution is 5.83. The van der Waals surface area contributed by atoms with E-state index >= 15 is 0 Å². The van der Waals surface area contributed by atoms with Gasteiger partial charge in [0.05, 0.1) is 5.69 Å². The molecule has 0 atom stereocenters. The zero-order chi connectivity index (χ0) is 15.7. The van der Waals surface area contributed by atoms with Crippen molar-refractivity contribution in [1.82, 2.24) is 15.0 Å². The highest BCUT2D eigenvalue weighted by Gasteiger charge is 2.18. The van der Waals surface area contributed by atoms with E-state index < -0.39 is 5.60 Å². The van der Waals surface area contributed by atoms with Crippen LogP contribution in [0.2, 0.25) is 0 Å². The van der Waals surface area contributed by atoms with Crippen molar-refractivity contribution in [2.24, 2.45) is 0 Å². The van der Waals surface area contributed by atoms with Crippen molar-refractivity contribution >= 4 is 11.5 Å².